The van der Waals surface area contributed by atoms with Crippen LogP contribution in [0.5, 0.6) is 0 Å². The van der Waals surface area contributed by atoms with E-state index < -0.39 is 0 Å². The third-order valence-corrected chi connectivity index (χ3v) is 4.87. The zero-order chi connectivity index (χ0) is 16.6. The molecule has 1 aliphatic rings. The van der Waals surface area contributed by atoms with E-state index >= 15 is 0 Å². The molecule has 1 aliphatic carbocycles. The van der Waals surface area contributed by atoms with Crippen molar-refractivity contribution in [3.05, 3.63) is 70.3 Å². The zero-order valence-electron chi connectivity index (χ0n) is 15.1. The van der Waals surface area contributed by atoms with Crippen molar-refractivity contribution in [3.8, 4) is 0 Å². The van der Waals surface area contributed by atoms with E-state index in [4.69, 9.17) is 0 Å². The van der Waals surface area contributed by atoms with Crippen molar-refractivity contribution < 1.29 is 0 Å². The van der Waals surface area contributed by atoms with Gasteiger partial charge in [0.15, 0.2) is 0 Å². The van der Waals surface area contributed by atoms with E-state index in [1.807, 2.05) is 0 Å². The fraction of sp³-hybridized carbons (Fsp3) is 0.455. The summed E-state index contributed by atoms with van der Waals surface area (Å²) in [6.07, 6.45) is 2.40. The molecule has 122 valence electrons. The Morgan fingerprint density at radius 3 is 2.35 bits per heavy atom. The molecule has 2 aromatic carbocycles. The summed E-state index contributed by atoms with van der Waals surface area (Å²) in [4.78, 5) is 0. The first-order chi connectivity index (χ1) is 10.8. The molecule has 0 radical (unpaired) electrons. The Morgan fingerprint density at radius 1 is 1.00 bits per heavy atom. The quantitative estimate of drug-likeness (QED) is 0.776. The van der Waals surface area contributed by atoms with Crippen LogP contribution in [0, 0.1) is 13.8 Å². The van der Waals surface area contributed by atoms with Gasteiger partial charge in [0.25, 0.3) is 0 Å². The Hall–Kier alpha value is -1.60. The Balaban J connectivity index is 2.09. The predicted molar refractivity (Wildman–Crippen MR) is 99.0 cm³/mol. The lowest BCUT2D eigenvalue weighted by Crippen LogP contribution is -2.43. The van der Waals surface area contributed by atoms with Gasteiger partial charge < -0.3 is 5.32 Å². The average molecular weight is 307 g/mol. The number of hydrogen-bond acceptors (Lipinski definition) is 1. The van der Waals surface area contributed by atoms with E-state index in [1.165, 1.54) is 40.7 Å². The van der Waals surface area contributed by atoms with E-state index in [1.54, 1.807) is 0 Å². The Kier molecular flexibility index (Phi) is 4.33. The van der Waals surface area contributed by atoms with Gasteiger partial charge in [-0.2, -0.15) is 0 Å². The highest BCUT2D eigenvalue weighted by atomic mass is 15.0. The minimum atomic E-state index is 0.101. The molecular weight excluding hydrogens is 278 g/mol. The number of rotatable bonds is 2. The molecular formula is C22H29N. The van der Waals surface area contributed by atoms with Gasteiger partial charge in [0.2, 0.25) is 0 Å². The summed E-state index contributed by atoms with van der Waals surface area (Å²) < 4.78 is 0. The second-order valence-corrected chi connectivity index (χ2v) is 8.08. The van der Waals surface area contributed by atoms with Crippen LogP contribution in [0.4, 0.5) is 0 Å². The van der Waals surface area contributed by atoms with Crippen LogP contribution in [0.1, 0.15) is 67.0 Å². The second-order valence-electron chi connectivity index (χ2n) is 8.08. The molecule has 2 atom stereocenters. The molecule has 0 saturated heterocycles. The van der Waals surface area contributed by atoms with Gasteiger partial charge in [-0.1, -0.05) is 48.0 Å². The van der Waals surface area contributed by atoms with Gasteiger partial charge in [0.1, 0.15) is 0 Å². The SMILES string of the molecule is Cc1cc(C)c2c(c1)CC[C@@H](c1ccccc1)[C@@H]2NC(C)(C)C. The number of benzene rings is 2. The van der Waals surface area contributed by atoms with Crippen molar-refractivity contribution >= 4 is 0 Å². The molecule has 23 heavy (non-hydrogen) atoms. The first kappa shape index (κ1) is 16.3. The molecule has 0 amide bonds. The number of nitrogens with one attached hydrogen (secondary N) is 1. The van der Waals surface area contributed by atoms with Crippen molar-refractivity contribution in [3.63, 3.8) is 0 Å². The van der Waals surface area contributed by atoms with Crippen LogP contribution in [0.3, 0.4) is 0 Å². The van der Waals surface area contributed by atoms with Crippen molar-refractivity contribution in [2.75, 3.05) is 0 Å². The minimum absolute atomic E-state index is 0.101. The highest BCUT2D eigenvalue weighted by molar-refractivity contribution is 5.45. The Morgan fingerprint density at radius 2 is 1.70 bits per heavy atom. The lowest BCUT2D eigenvalue weighted by Gasteiger charge is -2.40. The molecule has 0 bridgehead atoms. The fourth-order valence-corrected chi connectivity index (χ4v) is 4.10. The molecule has 0 unspecified atom stereocenters. The van der Waals surface area contributed by atoms with Crippen molar-refractivity contribution in [1.82, 2.24) is 5.32 Å². The van der Waals surface area contributed by atoms with Crippen molar-refractivity contribution in [1.29, 1.82) is 0 Å². The third kappa shape index (κ3) is 3.50. The zero-order valence-corrected chi connectivity index (χ0v) is 15.1. The summed E-state index contributed by atoms with van der Waals surface area (Å²) in [5.41, 5.74) is 7.45. The normalized spacial score (nSPS) is 21.1. The highest BCUT2D eigenvalue weighted by Crippen LogP contribution is 2.43. The first-order valence-electron chi connectivity index (χ1n) is 8.78. The lowest BCUT2D eigenvalue weighted by molar-refractivity contribution is 0.306. The Bertz CT molecular complexity index is 679. The molecule has 0 heterocycles. The van der Waals surface area contributed by atoms with Crippen LogP contribution >= 0.6 is 0 Å². The maximum atomic E-state index is 3.92. The van der Waals surface area contributed by atoms with Crippen LogP contribution in [-0.2, 0) is 6.42 Å². The van der Waals surface area contributed by atoms with Crippen LogP contribution < -0.4 is 5.32 Å². The summed E-state index contributed by atoms with van der Waals surface area (Å²) in [6, 6.07) is 16.1. The van der Waals surface area contributed by atoms with E-state index in [-0.39, 0.29) is 5.54 Å². The summed E-state index contributed by atoms with van der Waals surface area (Å²) in [6.45, 7) is 11.3. The van der Waals surface area contributed by atoms with E-state index in [0.29, 0.717) is 12.0 Å². The van der Waals surface area contributed by atoms with E-state index in [9.17, 15) is 0 Å². The molecule has 1 heteroatoms. The standard InChI is InChI=1S/C22H29N/c1-15-13-16(2)20-18(14-15)11-12-19(17-9-7-6-8-10-17)21(20)23-22(3,4)5/h6-10,13-14,19,21,23H,11-12H2,1-5H3/t19-,21-/m0/s1. The minimum Gasteiger partial charge on any atom is -0.305 e. The average Bonchev–Trinajstić information content (AvgIpc) is 2.46. The molecule has 0 aliphatic heterocycles. The molecule has 0 aromatic heterocycles. The lowest BCUT2D eigenvalue weighted by atomic mass is 9.73. The number of aryl methyl sites for hydroxylation is 3. The van der Waals surface area contributed by atoms with Gasteiger partial charge in [0.05, 0.1) is 0 Å². The van der Waals surface area contributed by atoms with Gasteiger partial charge in [-0.25, -0.2) is 0 Å². The van der Waals surface area contributed by atoms with E-state index in [0.717, 1.165) is 0 Å². The van der Waals surface area contributed by atoms with E-state index in [2.05, 4.69) is 82.4 Å². The van der Waals surface area contributed by atoms with Crippen LogP contribution in [-0.4, -0.2) is 5.54 Å². The van der Waals surface area contributed by atoms with Crippen molar-refractivity contribution in [2.45, 2.75) is 65.0 Å². The number of fused-ring (bicyclic) bond motifs is 1. The topological polar surface area (TPSA) is 12.0 Å². The summed E-state index contributed by atoms with van der Waals surface area (Å²) in [5.74, 6) is 0.546. The van der Waals surface area contributed by atoms with Crippen LogP contribution in [0.15, 0.2) is 42.5 Å². The number of hydrogen-bond donors (Lipinski definition) is 1. The summed E-state index contributed by atoms with van der Waals surface area (Å²) in [5, 5.41) is 3.92. The largest absolute Gasteiger partial charge is 0.305 e. The van der Waals surface area contributed by atoms with Gasteiger partial charge in [-0.05, 0) is 69.7 Å². The molecule has 0 fully saturated rings. The van der Waals surface area contributed by atoms with Gasteiger partial charge in [-0.15, -0.1) is 0 Å². The van der Waals surface area contributed by atoms with Gasteiger partial charge in [-0.3, -0.25) is 0 Å². The fourth-order valence-electron chi connectivity index (χ4n) is 4.10. The molecule has 1 nitrogen and oxygen atoms in total. The Labute approximate surface area is 141 Å². The molecule has 0 spiro atoms. The monoisotopic (exact) mass is 307 g/mol. The van der Waals surface area contributed by atoms with Crippen molar-refractivity contribution in [2.24, 2.45) is 0 Å². The molecule has 1 N–H and O–H groups in total. The maximum Gasteiger partial charge on any atom is 0.0399 e. The highest BCUT2D eigenvalue weighted by Gasteiger charge is 2.34. The molecule has 0 saturated carbocycles. The van der Waals surface area contributed by atoms with Crippen LogP contribution in [0.25, 0.3) is 0 Å². The molecule has 2 aromatic rings. The summed E-state index contributed by atoms with van der Waals surface area (Å²) >= 11 is 0. The first-order valence-corrected chi connectivity index (χ1v) is 8.78. The smallest absolute Gasteiger partial charge is 0.0399 e. The van der Waals surface area contributed by atoms with Gasteiger partial charge >= 0.3 is 0 Å². The third-order valence-electron chi connectivity index (χ3n) is 4.87. The van der Waals surface area contributed by atoms with Gasteiger partial charge in [0, 0.05) is 17.5 Å². The second kappa shape index (κ2) is 6.13. The summed E-state index contributed by atoms with van der Waals surface area (Å²) in [7, 11) is 0. The van der Waals surface area contributed by atoms with Crippen LogP contribution in [0.2, 0.25) is 0 Å². The maximum absolute atomic E-state index is 3.92. The predicted octanol–water partition coefficient (Wildman–Crippen LogP) is 5.46. The molecule has 3 rings (SSSR count).